The van der Waals surface area contributed by atoms with Gasteiger partial charge in [-0.3, -0.25) is 9.59 Å². The lowest BCUT2D eigenvalue weighted by molar-refractivity contribution is -0.143. The number of allylic oxidation sites excluding steroid dienone is 3. The van der Waals surface area contributed by atoms with Gasteiger partial charge in [0, 0.05) is 12.8 Å². The van der Waals surface area contributed by atoms with Crippen LogP contribution in [-0.4, -0.2) is 47.4 Å². The van der Waals surface area contributed by atoms with E-state index in [9.17, 15) is 19.8 Å². The molecular formula is C61H117NO5. The van der Waals surface area contributed by atoms with E-state index in [4.69, 9.17) is 4.74 Å². The summed E-state index contributed by atoms with van der Waals surface area (Å²) in [6.45, 7) is 4.90. The lowest BCUT2D eigenvalue weighted by Crippen LogP contribution is -2.45. The maximum absolute atomic E-state index is 12.4. The SMILES string of the molecule is CCCCCCCCCCC/C=C/C(O)C(CO)NC(=O)CCCCCCCCCCCCCC/C=C\CCCCCCCCCCCCCCOC(=O)CCCCCCCCCCCCC. The second kappa shape index (κ2) is 56.9. The Kier molecular flexibility index (Phi) is 55.5. The highest BCUT2D eigenvalue weighted by molar-refractivity contribution is 5.76. The van der Waals surface area contributed by atoms with Crippen LogP contribution in [0.25, 0.3) is 0 Å². The minimum absolute atomic E-state index is 0.0151. The molecular weight excluding hydrogens is 827 g/mol. The van der Waals surface area contributed by atoms with E-state index < -0.39 is 12.1 Å². The molecule has 0 aliphatic heterocycles. The predicted molar refractivity (Wildman–Crippen MR) is 292 cm³/mol. The first-order valence-corrected chi connectivity index (χ1v) is 30.1. The van der Waals surface area contributed by atoms with Gasteiger partial charge in [-0.1, -0.05) is 282 Å². The second-order valence-electron chi connectivity index (χ2n) is 20.7. The Morgan fingerprint density at radius 3 is 1.06 bits per heavy atom. The zero-order valence-corrected chi connectivity index (χ0v) is 45.1. The van der Waals surface area contributed by atoms with Gasteiger partial charge in [-0.15, -0.1) is 0 Å². The van der Waals surface area contributed by atoms with E-state index >= 15 is 0 Å². The van der Waals surface area contributed by atoms with Crippen LogP contribution in [0.15, 0.2) is 24.3 Å². The van der Waals surface area contributed by atoms with Crippen LogP contribution in [0.4, 0.5) is 0 Å². The maximum Gasteiger partial charge on any atom is 0.305 e. The van der Waals surface area contributed by atoms with Crippen LogP contribution < -0.4 is 5.32 Å². The second-order valence-corrected chi connectivity index (χ2v) is 20.7. The van der Waals surface area contributed by atoms with Crippen molar-refractivity contribution in [2.24, 2.45) is 0 Å². The summed E-state index contributed by atoms with van der Waals surface area (Å²) in [6, 6.07) is -0.626. The first-order valence-electron chi connectivity index (χ1n) is 30.1. The molecule has 0 aliphatic carbocycles. The van der Waals surface area contributed by atoms with Crippen LogP contribution in [0.5, 0.6) is 0 Å². The number of amides is 1. The highest BCUT2D eigenvalue weighted by Crippen LogP contribution is 2.17. The third-order valence-electron chi connectivity index (χ3n) is 14.0. The summed E-state index contributed by atoms with van der Waals surface area (Å²) in [4.78, 5) is 24.4. The van der Waals surface area contributed by atoms with E-state index in [2.05, 4.69) is 31.3 Å². The first-order chi connectivity index (χ1) is 33.0. The van der Waals surface area contributed by atoms with E-state index in [1.165, 1.54) is 263 Å². The number of ether oxygens (including phenoxy) is 1. The molecule has 6 heteroatoms. The number of hydrogen-bond donors (Lipinski definition) is 3. The van der Waals surface area contributed by atoms with Crippen LogP contribution in [0, 0.1) is 0 Å². The number of aliphatic hydroxyl groups excluding tert-OH is 2. The molecule has 0 bridgehead atoms. The maximum atomic E-state index is 12.4. The number of carbonyl (C=O) groups is 2. The molecule has 0 saturated carbocycles. The molecule has 3 N–H and O–H groups in total. The van der Waals surface area contributed by atoms with E-state index in [0.717, 1.165) is 38.5 Å². The molecule has 1 amide bonds. The average molecular weight is 945 g/mol. The lowest BCUT2D eigenvalue weighted by Gasteiger charge is -2.20. The molecule has 0 aromatic carbocycles. The number of carbonyl (C=O) groups excluding carboxylic acids is 2. The van der Waals surface area contributed by atoms with E-state index in [-0.39, 0.29) is 18.5 Å². The first kappa shape index (κ1) is 65.3. The van der Waals surface area contributed by atoms with Crippen molar-refractivity contribution in [3.8, 4) is 0 Å². The van der Waals surface area contributed by atoms with Crippen molar-refractivity contribution in [3.05, 3.63) is 24.3 Å². The number of nitrogens with one attached hydrogen (secondary N) is 1. The topological polar surface area (TPSA) is 95.9 Å². The van der Waals surface area contributed by atoms with Gasteiger partial charge in [-0.25, -0.2) is 0 Å². The van der Waals surface area contributed by atoms with E-state index in [1.54, 1.807) is 6.08 Å². The van der Waals surface area contributed by atoms with Crippen LogP contribution in [0.1, 0.15) is 328 Å². The van der Waals surface area contributed by atoms with Gasteiger partial charge in [-0.05, 0) is 57.8 Å². The molecule has 0 rings (SSSR count). The highest BCUT2D eigenvalue weighted by Gasteiger charge is 2.18. The Morgan fingerprint density at radius 1 is 0.403 bits per heavy atom. The van der Waals surface area contributed by atoms with Gasteiger partial charge in [0.1, 0.15) is 0 Å². The summed E-state index contributed by atoms with van der Waals surface area (Å²) in [5.74, 6) is -0.0532. The van der Waals surface area contributed by atoms with Gasteiger partial charge in [0.05, 0.1) is 25.4 Å². The molecule has 2 atom stereocenters. The number of unbranched alkanes of at least 4 members (excludes halogenated alkanes) is 43. The van der Waals surface area contributed by atoms with Gasteiger partial charge in [-0.2, -0.15) is 0 Å². The van der Waals surface area contributed by atoms with Crippen molar-refractivity contribution in [2.75, 3.05) is 13.2 Å². The standard InChI is InChI=1S/C61H117NO5/c1-3-5-7-9-11-13-33-37-41-45-49-53-59(64)58(57-63)62-60(65)54-50-46-42-38-35-31-29-27-25-23-21-19-17-15-16-18-20-22-24-26-28-30-32-36-40-44-48-52-56-67-61(66)55-51-47-43-39-34-14-12-10-8-6-4-2/h15-16,49,53,58-59,63-64H,3-14,17-48,50-52,54-57H2,1-2H3,(H,62,65)/b16-15-,53-49+. The summed E-state index contributed by atoms with van der Waals surface area (Å²) < 4.78 is 5.47. The summed E-state index contributed by atoms with van der Waals surface area (Å²) in [6.07, 6.45) is 69.4. The van der Waals surface area contributed by atoms with Crippen LogP contribution >= 0.6 is 0 Å². The number of aliphatic hydroxyl groups is 2. The Balaban J connectivity index is 3.37. The van der Waals surface area contributed by atoms with Crippen molar-refractivity contribution >= 4 is 11.9 Å². The van der Waals surface area contributed by atoms with Gasteiger partial charge in [0.2, 0.25) is 5.91 Å². The van der Waals surface area contributed by atoms with Gasteiger partial charge in [0.25, 0.3) is 0 Å². The molecule has 2 unspecified atom stereocenters. The predicted octanol–water partition coefficient (Wildman–Crippen LogP) is 18.6. The Labute approximate surface area is 418 Å². The summed E-state index contributed by atoms with van der Waals surface area (Å²) >= 11 is 0. The smallest absolute Gasteiger partial charge is 0.305 e. The molecule has 0 aromatic rings. The summed E-state index contributed by atoms with van der Waals surface area (Å²) in [7, 11) is 0. The molecule has 0 heterocycles. The normalized spacial score (nSPS) is 12.7. The van der Waals surface area contributed by atoms with Gasteiger partial charge in [0.15, 0.2) is 0 Å². The zero-order chi connectivity index (χ0) is 48.6. The Hall–Kier alpha value is -1.66. The number of rotatable bonds is 56. The van der Waals surface area contributed by atoms with Crippen molar-refractivity contribution in [1.82, 2.24) is 5.32 Å². The minimum Gasteiger partial charge on any atom is -0.466 e. The number of hydrogen-bond acceptors (Lipinski definition) is 5. The van der Waals surface area contributed by atoms with Crippen LogP contribution in [-0.2, 0) is 14.3 Å². The molecule has 67 heavy (non-hydrogen) atoms. The molecule has 0 aromatic heterocycles. The third kappa shape index (κ3) is 53.5. The van der Waals surface area contributed by atoms with Gasteiger partial charge >= 0.3 is 5.97 Å². The zero-order valence-electron chi connectivity index (χ0n) is 45.1. The fraction of sp³-hybridized carbons (Fsp3) is 0.902. The molecule has 6 nitrogen and oxygen atoms in total. The highest BCUT2D eigenvalue weighted by atomic mass is 16.5. The molecule has 0 spiro atoms. The molecule has 0 fully saturated rings. The fourth-order valence-electron chi connectivity index (χ4n) is 9.34. The van der Waals surface area contributed by atoms with Crippen molar-refractivity contribution < 1.29 is 24.5 Å². The molecule has 0 aliphatic rings. The third-order valence-corrected chi connectivity index (χ3v) is 14.0. The molecule has 0 radical (unpaired) electrons. The molecule has 0 saturated heterocycles. The fourth-order valence-corrected chi connectivity index (χ4v) is 9.34. The van der Waals surface area contributed by atoms with Crippen molar-refractivity contribution in [2.45, 2.75) is 341 Å². The summed E-state index contributed by atoms with van der Waals surface area (Å²) in [5, 5.41) is 23.0. The van der Waals surface area contributed by atoms with Crippen LogP contribution in [0.3, 0.4) is 0 Å². The number of esters is 1. The Bertz CT molecular complexity index is 1040. The average Bonchev–Trinajstić information content (AvgIpc) is 3.33. The van der Waals surface area contributed by atoms with Crippen LogP contribution in [0.2, 0.25) is 0 Å². The van der Waals surface area contributed by atoms with E-state index in [1.807, 2.05) is 6.08 Å². The van der Waals surface area contributed by atoms with Gasteiger partial charge < -0.3 is 20.3 Å². The monoisotopic (exact) mass is 944 g/mol. The van der Waals surface area contributed by atoms with Crippen molar-refractivity contribution in [1.29, 1.82) is 0 Å². The van der Waals surface area contributed by atoms with E-state index in [0.29, 0.717) is 19.4 Å². The molecule has 396 valence electrons. The summed E-state index contributed by atoms with van der Waals surface area (Å²) in [5.41, 5.74) is 0. The Morgan fingerprint density at radius 2 is 0.701 bits per heavy atom. The lowest BCUT2D eigenvalue weighted by atomic mass is 10.0. The van der Waals surface area contributed by atoms with Crippen molar-refractivity contribution in [3.63, 3.8) is 0 Å². The minimum atomic E-state index is -0.842. The largest absolute Gasteiger partial charge is 0.466 e. The quantitative estimate of drug-likeness (QED) is 0.0321.